The van der Waals surface area contributed by atoms with E-state index in [2.05, 4.69) is 15.4 Å². The predicted molar refractivity (Wildman–Crippen MR) is 135 cm³/mol. The molecule has 1 amide bonds. The predicted octanol–water partition coefficient (Wildman–Crippen LogP) is 1.20. The maximum atomic E-state index is 13.3. The van der Waals surface area contributed by atoms with E-state index in [0.29, 0.717) is 5.52 Å². The Balaban J connectivity index is 1.95. The molecule has 2 aromatic heterocycles. The standard InChI is InChI=1S/C25H34N6O8/c1-7-17(32)36-10-15-19(37-22(34)18(13(2)3)30-23(35)39-24(4,5)6)20(33)25(11-26,38-15)16-9-8-14-21(27)28-12-29-31(14)16/h8-9,12-13,15,18-20,33H,7,10H2,1-6H3,(H,30,35)(H2,27,28,29)/t15-,18+,19-,20-,25+/m1/s1. The number of carbonyl (C=O) groups is 3. The van der Waals surface area contributed by atoms with Crippen LogP contribution in [0, 0.1) is 17.2 Å². The van der Waals surface area contributed by atoms with E-state index in [1.54, 1.807) is 47.6 Å². The summed E-state index contributed by atoms with van der Waals surface area (Å²) in [7, 11) is 0. The van der Waals surface area contributed by atoms with Gasteiger partial charge in [0, 0.05) is 6.42 Å². The van der Waals surface area contributed by atoms with Crippen molar-refractivity contribution in [1.29, 1.82) is 5.26 Å². The third-order valence-electron chi connectivity index (χ3n) is 6.00. The van der Waals surface area contributed by atoms with E-state index < -0.39 is 66.1 Å². The van der Waals surface area contributed by atoms with E-state index in [0.717, 1.165) is 0 Å². The smallest absolute Gasteiger partial charge is 0.408 e. The Hall–Kier alpha value is -3.96. The van der Waals surface area contributed by atoms with Crippen molar-refractivity contribution in [3.63, 3.8) is 0 Å². The number of rotatable bonds is 8. The summed E-state index contributed by atoms with van der Waals surface area (Å²) in [6, 6.07) is 3.83. The summed E-state index contributed by atoms with van der Waals surface area (Å²) in [5.74, 6) is -1.78. The van der Waals surface area contributed by atoms with Gasteiger partial charge in [-0.15, -0.1) is 0 Å². The highest BCUT2D eigenvalue weighted by Crippen LogP contribution is 2.42. The van der Waals surface area contributed by atoms with Gasteiger partial charge in [0.15, 0.2) is 11.9 Å². The number of nitrogens with zero attached hydrogens (tertiary/aromatic N) is 4. The highest BCUT2D eigenvalue weighted by molar-refractivity contribution is 5.82. The molecule has 4 N–H and O–H groups in total. The quantitative estimate of drug-likeness (QED) is 0.316. The maximum absolute atomic E-state index is 13.3. The highest BCUT2D eigenvalue weighted by atomic mass is 16.6. The maximum Gasteiger partial charge on any atom is 0.408 e. The summed E-state index contributed by atoms with van der Waals surface area (Å²) in [6.07, 6.45) is -4.05. The molecule has 14 heteroatoms. The number of ether oxygens (including phenoxy) is 4. The van der Waals surface area contributed by atoms with Gasteiger partial charge in [0.05, 0.1) is 5.69 Å². The van der Waals surface area contributed by atoms with E-state index in [1.165, 1.54) is 16.9 Å². The third kappa shape index (κ3) is 6.21. The molecule has 2 aromatic rings. The first-order valence-electron chi connectivity index (χ1n) is 12.5. The number of fused-ring (bicyclic) bond motifs is 1. The zero-order chi connectivity index (χ0) is 29.1. The van der Waals surface area contributed by atoms with E-state index >= 15 is 0 Å². The molecule has 39 heavy (non-hydrogen) atoms. The number of nitriles is 1. The largest absolute Gasteiger partial charge is 0.463 e. The van der Waals surface area contributed by atoms with Crippen molar-refractivity contribution in [1.82, 2.24) is 19.9 Å². The number of nitrogens with two attached hydrogens (primary N) is 1. The number of esters is 2. The number of nitrogen functional groups attached to an aromatic ring is 1. The Kier molecular flexibility index (Phi) is 8.67. The van der Waals surface area contributed by atoms with Crippen LogP contribution in [0.25, 0.3) is 5.52 Å². The molecule has 0 bridgehead atoms. The molecule has 3 rings (SSSR count). The van der Waals surface area contributed by atoms with Crippen molar-refractivity contribution in [2.45, 2.75) is 83.5 Å². The monoisotopic (exact) mass is 546 g/mol. The van der Waals surface area contributed by atoms with E-state index in [9.17, 15) is 24.8 Å². The van der Waals surface area contributed by atoms with Gasteiger partial charge >= 0.3 is 18.0 Å². The van der Waals surface area contributed by atoms with Crippen molar-refractivity contribution in [3.05, 3.63) is 24.2 Å². The average molecular weight is 547 g/mol. The first kappa shape index (κ1) is 29.6. The van der Waals surface area contributed by atoms with Gasteiger partial charge in [-0.2, -0.15) is 10.4 Å². The van der Waals surface area contributed by atoms with Crippen molar-refractivity contribution in [2.75, 3.05) is 12.3 Å². The molecule has 0 spiro atoms. The number of aliphatic hydroxyl groups excluding tert-OH is 1. The third-order valence-corrected chi connectivity index (χ3v) is 6.00. The Morgan fingerprint density at radius 2 is 2.03 bits per heavy atom. The van der Waals surface area contributed by atoms with Crippen LogP contribution in [0.2, 0.25) is 0 Å². The van der Waals surface area contributed by atoms with Gasteiger partial charge < -0.3 is 35.1 Å². The van der Waals surface area contributed by atoms with E-state index in [4.69, 9.17) is 24.7 Å². The van der Waals surface area contributed by atoms with Crippen LogP contribution in [-0.4, -0.2) is 74.3 Å². The molecule has 212 valence electrons. The van der Waals surface area contributed by atoms with Crippen LogP contribution in [0.3, 0.4) is 0 Å². The summed E-state index contributed by atoms with van der Waals surface area (Å²) in [6.45, 7) is 9.57. The zero-order valence-corrected chi connectivity index (χ0v) is 22.7. The molecule has 0 radical (unpaired) electrons. The molecule has 1 aliphatic heterocycles. The number of nitrogens with one attached hydrogen (secondary N) is 1. The number of amides is 1. The van der Waals surface area contributed by atoms with Gasteiger partial charge in [-0.25, -0.2) is 19.1 Å². The first-order valence-corrected chi connectivity index (χ1v) is 12.5. The van der Waals surface area contributed by atoms with Crippen molar-refractivity contribution in [3.8, 4) is 6.07 Å². The van der Waals surface area contributed by atoms with Gasteiger partial charge in [0.2, 0.25) is 5.60 Å². The second kappa shape index (κ2) is 11.4. The normalized spacial score (nSPS) is 23.7. The number of anilines is 1. The molecule has 3 heterocycles. The molecular weight excluding hydrogens is 512 g/mol. The molecule has 0 saturated carbocycles. The topological polar surface area (TPSA) is 200 Å². The summed E-state index contributed by atoms with van der Waals surface area (Å²) < 4.78 is 23.4. The van der Waals surface area contributed by atoms with E-state index in [1.807, 2.05) is 6.07 Å². The lowest BCUT2D eigenvalue weighted by Gasteiger charge is -2.28. The Bertz CT molecular complexity index is 1270. The van der Waals surface area contributed by atoms with Crippen molar-refractivity contribution < 1.29 is 38.4 Å². The molecule has 5 atom stereocenters. The fraction of sp³-hybridized carbons (Fsp3) is 0.600. The van der Waals surface area contributed by atoms with Crippen LogP contribution >= 0.6 is 0 Å². The van der Waals surface area contributed by atoms with Gasteiger partial charge in [0.1, 0.15) is 48.4 Å². The minimum absolute atomic E-state index is 0.0674. The SMILES string of the molecule is CCC(=O)OC[C@H]1O[C@@](C#N)(c2ccc3c(N)ncnn23)[C@H](O)[C@@H]1OC(=O)[C@@H](NC(=O)OC(C)(C)C)C(C)C. The fourth-order valence-electron chi connectivity index (χ4n) is 4.09. The van der Waals surface area contributed by atoms with Gasteiger partial charge in [0.25, 0.3) is 0 Å². The molecule has 14 nitrogen and oxygen atoms in total. The summed E-state index contributed by atoms with van der Waals surface area (Å²) in [5.41, 5.74) is 3.47. The number of alkyl carbamates (subject to hydrolysis) is 1. The second-order valence-corrected chi connectivity index (χ2v) is 10.4. The lowest BCUT2D eigenvalue weighted by molar-refractivity contribution is -0.163. The lowest BCUT2D eigenvalue weighted by atomic mass is 9.92. The Morgan fingerprint density at radius 3 is 2.62 bits per heavy atom. The average Bonchev–Trinajstić information content (AvgIpc) is 3.40. The lowest BCUT2D eigenvalue weighted by Crippen LogP contribution is -2.50. The van der Waals surface area contributed by atoms with Crippen LogP contribution in [0.15, 0.2) is 18.5 Å². The van der Waals surface area contributed by atoms with Crippen LogP contribution < -0.4 is 11.1 Å². The number of hydrogen-bond acceptors (Lipinski definition) is 12. The highest BCUT2D eigenvalue weighted by Gasteiger charge is 2.60. The summed E-state index contributed by atoms with van der Waals surface area (Å²) in [5, 5.41) is 28.3. The molecule has 0 aliphatic carbocycles. The Morgan fingerprint density at radius 1 is 1.33 bits per heavy atom. The van der Waals surface area contributed by atoms with Crippen LogP contribution in [0.5, 0.6) is 0 Å². The minimum atomic E-state index is -2.09. The number of aromatic nitrogens is 3. The number of carbonyl (C=O) groups excluding carboxylic acids is 3. The molecule has 1 aliphatic rings. The van der Waals surface area contributed by atoms with Crippen molar-refractivity contribution in [2.24, 2.45) is 5.92 Å². The van der Waals surface area contributed by atoms with Crippen LogP contribution in [0.1, 0.15) is 53.7 Å². The van der Waals surface area contributed by atoms with Crippen LogP contribution in [0.4, 0.5) is 10.6 Å². The van der Waals surface area contributed by atoms with Gasteiger partial charge in [-0.05, 0) is 38.8 Å². The molecule has 1 fully saturated rings. The number of hydrogen-bond donors (Lipinski definition) is 3. The fourth-order valence-corrected chi connectivity index (χ4v) is 4.09. The molecule has 0 unspecified atom stereocenters. The summed E-state index contributed by atoms with van der Waals surface area (Å²) in [4.78, 5) is 41.4. The summed E-state index contributed by atoms with van der Waals surface area (Å²) >= 11 is 0. The molecule has 0 aromatic carbocycles. The van der Waals surface area contributed by atoms with Gasteiger partial charge in [-0.1, -0.05) is 20.8 Å². The van der Waals surface area contributed by atoms with Crippen LogP contribution in [-0.2, 0) is 34.1 Å². The molecular formula is C25H34N6O8. The van der Waals surface area contributed by atoms with Crippen molar-refractivity contribution >= 4 is 29.4 Å². The Labute approximate surface area is 225 Å². The second-order valence-electron chi connectivity index (χ2n) is 10.4. The number of aliphatic hydroxyl groups is 1. The zero-order valence-electron chi connectivity index (χ0n) is 22.7. The first-order chi connectivity index (χ1) is 18.2. The minimum Gasteiger partial charge on any atom is -0.463 e. The van der Waals surface area contributed by atoms with Gasteiger partial charge in [-0.3, -0.25) is 4.79 Å². The molecule has 1 saturated heterocycles. The van der Waals surface area contributed by atoms with E-state index in [-0.39, 0.29) is 17.9 Å².